The van der Waals surface area contributed by atoms with Crippen molar-refractivity contribution >= 4 is 40.8 Å². The lowest BCUT2D eigenvalue weighted by atomic mass is 10.1. The van der Waals surface area contributed by atoms with Crippen molar-refractivity contribution in [2.45, 2.75) is 26.2 Å². The third-order valence-corrected chi connectivity index (χ3v) is 6.95. The number of halogens is 1. The molecule has 0 aliphatic carbocycles. The average molecular weight is 551 g/mol. The smallest absolute Gasteiger partial charge is 0.343 e. The van der Waals surface area contributed by atoms with E-state index in [0.29, 0.717) is 22.7 Å². The minimum absolute atomic E-state index is 0.0180. The first kappa shape index (κ1) is 26.9. The third kappa shape index (κ3) is 5.82. The van der Waals surface area contributed by atoms with Gasteiger partial charge in [-0.3, -0.25) is 9.59 Å². The molecule has 6 nitrogen and oxygen atoms in total. The van der Waals surface area contributed by atoms with Crippen LogP contribution in [0.15, 0.2) is 114 Å². The third-order valence-electron chi connectivity index (χ3n) is 6.60. The van der Waals surface area contributed by atoms with Crippen LogP contribution in [0.5, 0.6) is 5.75 Å². The van der Waals surface area contributed by atoms with Crippen LogP contribution < -0.4 is 15.0 Å². The van der Waals surface area contributed by atoms with Crippen LogP contribution in [0.4, 0.5) is 11.4 Å². The molecule has 1 aliphatic rings. The van der Waals surface area contributed by atoms with Gasteiger partial charge in [0.15, 0.2) is 0 Å². The zero-order valence-electron chi connectivity index (χ0n) is 21.9. The van der Waals surface area contributed by atoms with Crippen molar-refractivity contribution in [2.24, 2.45) is 0 Å². The van der Waals surface area contributed by atoms with Crippen LogP contribution in [0.2, 0.25) is 0 Å². The van der Waals surface area contributed by atoms with Crippen LogP contribution in [0.25, 0.3) is 11.1 Å². The van der Waals surface area contributed by atoms with E-state index >= 15 is 0 Å². The number of nitrogens with zero attached hydrogens (tertiary/aromatic N) is 1. The second-order valence-corrected chi connectivity index (χ2v) is 9.76. The number of ether oxygens (including phenoxy) is 1. The van der Waals surface area contributed by atoms with Crippen molar-refractivity contribution in [3.8, 4) is 16.9 Å². The summed E-state index contributed by atoms with van der Waals surface area (Å²) in [5, 5.41) is 2.74. The Kier molecular flexibility index (Phi) is 8.08. The van der Waals surface area contributed by atoms with Gasteiger partial charge in [0.2, 0.25) is 0 Å². The second kappa shape index (κ2) is 12.0. The van der Waals surface area contributed by atoms with Crippen LogP contribution in [-0.4, -0.2) is 17.8 Å². The van der Waals surface area contributed by atoms with Crippen molar-refractivity contribution in [3.63, 3.8) is 0 Å². The average Bonchev–Trinajstić information content (AvgIpc) is 3.20. The van der Waals surface area contributed by atoms with Gasteiger partial charge < -0.3 is 10.1 Å². The highest BCUT2D eigenvalue weighted by molar-refractivity contribution is 6.53. The molecule has 4 aromatic rings. The van der Waals surface area contributed by atoms with Crippen molar-refractivity contribution in [1.29, 1.82) is 0 Å². The Morgan fingerprint density at radius 2 is 1.45 bits per heavy atom. The van der Waals surface area contributed by atoms with Gasteiger partial charge in [-0.15, -0.1) is 0 Å². The number of hydrogen-bond donors (Lipinski definition) is 1. The molecule has 0 unspecified atom stereocenters. The number of hydrogen-bond acceptors (Lipinski definition) is 5. The minimum Gasteiger partial charge on any atom is -0.423 e. The maximum absolute atomic E-state index is 13.1. The van der Waals surface area contributed by atoms with Gasteiger partial charge in [0, 0.05) is 5.69 Å². The van der Waals surface area contributed by atoms with Crippen molar-refractivity contribution in [2.75, 3.05) is 10.2 Å². The topological polar surface area (TPSA) is 75.7 Å². The summed E-state index contributed by atoms with van der Waals surface area (Å²) in [4.78, 5) is 39.6. The summed E-state index contributed by atoms with van der Waals surface area (Å²) in [7, 11) is 0. The van der Waals surface area contributed by atoms with E-state index in [-0.39, 0.29) is 10.7 Å². The highest BCUT2D eigenvalue weighted by atomic mass is 35.5. The van der Waals surface area contributed by atoms with Crippen molar-refractivity contribution in [3.05, 3.63) is 125 Å². The number of benzene rings is 4. The zero-order chi connectivity index (χ0) is 28.1. The molecule has 0 fully saturated rings. The monoisotopic (exact) mass is 550 g/mol. The van der Waals surface area contributed by atoms with E-state index in [4.69, 9.17) is 16.3 Å². The fraction of sp³-hybridized carbons (Fsp3) is 0.121. The predicted octanol–water partition coefficient (Wildman–Crippen LogP) is 7.35. The molecule has 0 radical (unpaired) electrons. The molecule has 1 heterocycles. The standard InChI is InChI=1S/C33H27ClN2O4/c1-2-3-7-22-10-18-27(19-11-22)36-31(37)29(34)30(32(36)38)35-26-16-12-25(13-17-26)33(39)40-28-20-14-24(15-21-28)23-8-5-4-6-9-23/h4-6,8-21,35H,2-3,7H2,1H3. The number of carbonyl (C=O) groups is 3. The Labute approximate surface area is 237 Å². The van der Waals surface area contributed by atoms with Gasteiger partial charge in [-0.2, -0.15) is 0 Å². The normalized spacial score (nSPS) is 13.1. The molecule has 1 N–H and O–H groups in total. The van der Waals surface area contributed by atoms with Gasteiger partial charge in [0.05, 0.1) is 11.3 Å². The van der Waals surface area contributed by atoms with Gasteiger partial charge >= 0.3 is 5.97 Å². The van der Waals surface area contributed by atoms with Gasteiger partial charge in [0.1, 0.15) is 16.5 Å². The molecule has 0 bridgehead atoms. The SMILES string of the molecule is CCCCc1ccc(N2C(=O)C(Cl)=C(Nc3ccc(C(=O)Oc4ccc(-c5ccccc5)cc4)cc3)C2=O)cc1. The molecule has 1 aliphatic heterocycles. The van der Waals surface area contributed by atoms with Crippen molar-refractivity contribution in [1.82, 2.24) is 0 Å². The maximum atomic E-state index is 13.1. The van der Waals surface area contributed by atoms with E-state index in [0.717, 1.165) is 40.9 Å². The molecule has 0 saturated carbocycles. The number of amides is 2. The lowest BCUT2D eigenvalue weighted by Gasteiger charge is -2.15. The number of nitrogens with one attached hydrogen (secondary N) is 1. The second-order valence-electron chi connectivity index (χ2n) is 9.39. The highest BCUT2D eigenvalue weighted by Crippen LogP contribution is 2.31. The molecule has 0 spiro atoms. The highest BCUT2D eigenvalue weighted by Gasteiger charge is 2.38. The number of esters is 1. The van der Waals surface area contributed by atoms with Gasteiger partial charge in [0.25, 0.3) is 11.8 Å². The number of imide groups is 1. The fourth-order valence-corrected chi connectivity index (χ4v) is 4.60. The van der Waals surface area contributed by atoms with Crippen molar-refractivity contribution < 1.29 is 19.1 Å². The molecule has 0 saturated heterocycles. The van der Waals surface area contributed by atoms with E-state index in [9.17, 15) is 14.4 Å². The molecule has 40 heavy (non-hydrogen) atoms. The first-order valence-electron chi connectivity index (χ1n) is 13.1. The fourth-order valence-electron chi connectivity index (χ4n) is 4.38. The summed E-state index contributed by atoms with van der Waals surface area (Å²) in [5.74, 6) is -1.22. The Hall–Kier alpha value is -4.68. The summed E-state index contributed by atoms with van der Waals surface area (Å²) in [6.45, 7) is 2.13. The molecule has 4 aromatic carbocycles. The molecule has 5 rings (SSSR count). The quantitative estimate of drug-likeness (QED) is 0.134. The first-order valence-corrected chi connectivity index (χ1v) is 13.4. The Balaban J connectivity index is 1.22. The van der Waals surface area contributed by atoms with Crippen LogP contribution in [0.1, 0.15) is 35.7 Å². The summed E-state index contributed by atoms with van der Waals surface area (Å²) >= 11 is 6.27. The molecular formula is C33H27ClN2O4. The Bertz CT molecular complexity index is 1560. The van der Waals surface area contributed by atoms with Crippen LogP contribution in [-0.2, 0) is 16.0 Å². The molecular weight excluding hydrogens is 524 g/mol. The minimum atomic E-state index is -0.589. The number of unbranched alkanes of at least 4 members (excludes halogenated alkanes) is 1. The number of anilines is 2. The van der Waals surface area contributed by atoms with E-state index < -0.39 is 17.8 Å². The van der Waals surface area contributed by atoms with Gasteiger partial charge in [-0.25, -0.2) is 9.69 Å². The summed E-state index contributed by atoms with van der Waals surface area (Å²) in [6, 6.07) is 30.9. The van der Waals surface area contributed by atoms with E-state index in [1.807, 2.05) is 54.6 Å². The van der Waals surface area contributed by atoms with Gasteiger partial charge in [-0.05, 0) is 78.1 Å². The van der Waals surface area contributed by atoms with E-state index in [1.165, 1.54) is 0 Å². The summed E-state index contributed by atoms with van der Waals surface area (Å²) < 4.78 is 5.51. The van der Waals surface area contributed by atoms with E-state index in [2.05, 4.69) is 12.2 Å². The predicted molar refractivity (Wildman–Crippen MR) is 157 cm³/mol. The first-order chi connectivity index (χ1) is 19.4. The maximum Gasteiger partial charge on any atom is 0.343 e. The number of aryl methyl sites for hydroxylation is 1. The summed E-state index contributed by atoms with van der Waals surface area (Å²) in [5.41, 5.74) is 4.50. The molecule has 0 atom stereocenters. The Morgan fingerprint density at radius 3 is 2.10 bits per heavy atom. The van der Waals surface area contributed by atoms with Crippen LogP contribution >= 0.6 is 11.6 Å². The molecule has 0 aromatic heterocycles. The molecule has 7 heteroatoms. The zero-order valence-corrected chi connectivity index (χ0v) is 22.7. The van der Waals surface area contributed by atoms with Gasteiger partial charge in [-0.1, -0.05) is 79.5 Å². The lowest BCUT2D eigenvalue weighted by molar-refractivity contribution is -0.120. The van der Waals surface area contributed by atoms with Crippen LogP contribution in [0, 0.1) is 0 Å². The van der Waals surface area contributed by atoms with E-state index in [1.54, 1.807) is 48.5 Å². The number of rotatable bonds is 9. The Morgan fingerprint density at radius 1 is 0.800 bits per heavy atom. The largest absolute Gasteiger partial charge is 0.423 e. The molecule has 2 amide bonds. The number of carbonyl (C=O) groups excluding carboxylic acids is 3. The lowest BCUT2D eigenvalue weighted by Crippen LogP contribution is -2.32. The molecule has 200 valence electrons. The summed E-state index contributed by atoms with van der Waals surface area (Å²) in [6.07, 6.45) is 3.10. The van der Waals surface area contributed by atoms with Crippen LogP contribution in [0.3, 0.4) is 0 Å².